The first-order valence-corrected chi connectivity index (χ1v) is 10.0. The van der Waals surface area contributed by atoms with Gasteiger partial charge in [0.25, 0.3) is 0 Å². The maximum absolute atomic E-state index is 12.7. The highest BCUT2D eigenvalue weighted by Crippen LogP contribution is 2.18. The summed E-state index contributed by atoms with van der Waals surface area (Å²) >= 11 is 0. The Morgan fingerprint density at radius 2 is 1.73 bits per heavy atom. The number of benzene rings is 1. The number of hydrogen-bond donors (Lipinski definition) is 1. The Balaban J connectivity index is 2.86. The molecular formula is C18H29N3O4S. The highest BCUT2D eigenvalue weighted by molar-refractivity contribution is 7.89. The number of hydrogen-bond acceptors (Lipinski definition) is 4. The highest BCUT2D eigenvalue weighted by Gasteiger charge is 2.26. The molecule has 26 heavy (non-hydrogen) atoms. The Kier molecular flexibility index (Phi) is 7.77. The first-order chi connectivity index (χ1) is 12.0. The molecule has 1 N–H and O–H groups in total. The lowest BCUT2D eigenvalue weighted by Crippen LogP contribution is -2.46. The largest absolute Gasteiger partial charge is 0.352 e. The minimum atomic E-state index is -3.78. The molecule has 0 fully saturated rings. The van der Waals surface area contributed by atoms with E-state index in [0.717, 1.165) is 15.4 Å². The molecule has 0 unspecified atom stereocenters. The SMILES string of the molecule is CCN(CC(=O)NC(C)C)C(=O)CN(C)S(=O)(=O)c1ccc(C)c(C)c1. The molecule has 0 aromatic heterocycles. The van der Waals surface area contributed by atoms with Gasteiger partial charge in [0.1, 0.15) is 0 Å². The maximum Gasteiger partial charge on any atom is 0.243 e. The zero-order valence-corrected chi connectivity index (χ0v) is 17.2. The normalized spacial score (nSPS) is 11.7. The summed E-state index contributed by atoms with van der Waals surface area (Å²) in [6.45, 7) is 9.06. The van der Waals surface area contributed by atoms with Crippen molar-refractivity contribution in [2.75, 3.05) is 26.7 Å². The molecule has 1 aromatic rings. The van der Waals surface area contributed by atoms with Crippen molar-refractivity contribution < 1.29 is 18.0 Å². The molecule has 146 valence electrons. The molecule has 1 aromatic carbocycles. The average molecular weight is 384 g/mol. The topological polar surface area (TPSA) is 86.8 Å². The molecule has 0 atom stereocenters. The first-order valence-electron chi connectivity index (χ1n) is 8.59. The number of aryl methyl sites for hydroxylation is 2. The van der Waals surface area contributed by atoms with Gasteiger partial charge in [-0.15, -0.1) is 0 Å². The Hall–Kier alpha value is -1.93. The van der Waals surface area contributed by atoms with Gasteiger partial charge < -0.3 is 10.2 Å². The van der Waals surface area contributed by atoms with E-state index < -0.39 is 15.9 Å². The zero-order chi connectivity index (χ0) is 20.1. The monoisotopic (exact) mass is 383 g/mol. The molecule has 0 heterocycles. The molecule has 0 saturated heterocycles. The summed E-state index contributed by atoms with van der Waals surface area (Å²) in [5, 5.41) is 2.72. The van der Waals surface area contributed by atoms with Gasteiger partial charge in [-0.2, -0.15) is 4.31 Å². The van der Waals surface area contributed by atoms with Crippen molar-refractivity contribution in [3.8, 4) is 0 Å². The summed E-state index contributed by atoms with van der Waals surface area (Å²) in [5.41, 5.74) is 1.86. The third kappa shape index (κ3) is 5.81. The molecule has 0 aliphatic carbocycles. The third-order valence-electron chi connectivity index (χ3n) is 4.06. The number of nitrogens with one attached hydrogen (secondary N) is 1. The van der Waals surface area contributed by atoms with Crippen molar-refractivity contribution in [3.05, 3.63) is 29.3 Å². The van der Waals surface area contributed by atoms with Crippen LogP contribution in [0, 0.1) is 13.8 Å². The van der Waals surface area contributed by atoms with Gasteiger partial charge in [0.2, 0.25) is 21.8 Å². The van der Waals surface area contributed by atoms with Crippen molar-refractivity contribution in [2.24, 2.45) is 0 Å². The third-order valence-corrected chi connectivity index (χ3v) is 5.86. The van der Waals surface area contributed by atoms with Gasteiger partial charge in [0.05, 0.1) is 18.0 Å². The van der Waals surface area contributed by atoms with Crippen molar-refractivity contribution in [3.63, 3.8) is 0 Å². The van der Waals surface area contributed by atoms with Gasteiger partial charge in [-0.1, -0.05) is 6.07 Å². The summed E-state index contributed by atoms with van der Waals surface area (Å²) in [6.07, 6.45) is 0. The van der Waals surface area contributed by atoms with E-state index in [1.165, 1.54) is 18.0 Å². The molecule has 7 nitrogen and oxygen atoms in total. The highest BCUT2D eigenvalue weighted by atomic mass is 32.2. The van der Waals surface area contributed by atoms with Gasteiger partial charge in [0, 0.05) is 19.6 Å². The Bertz CT molecular complexity index is 760. The molecule has 0 aliphatic rings. The molecule has 1 rings (SSSR count). The Morgan fingerprint density at radius 3 is 2.23 bits per heavy atom. The second kappa shape index (κ2) is 9.14. The first kappa shape index (κ1) is 22.1. The molecule has 0 saturated carbocycles. The Labute approximate surface area is 156 Å². The van der Waals surface area contributed by atoms with Crippen LogP contribution < -0.4 is 5.32 Å². The molecule has 0 aliphatic heterocycles. The van der Waals surface area contributed by atoms with Crippen LogP contribution in [-0.4, -0.2) is 62.2 Å². The minimum absolute atomic E-state index is 0.0239. The van der Waals surface area contributed by atoms with Crippen molar-refractivity contribution >= 4 is 21.8 Å². The van der Waals surface area contributed by atoms with E-state index in [4.69, 9.17) is 0 Å². The summed E-state index contributed by atoms with van der Waals surface area (Å²) in [6, 6.07) is 4.85. The second-order valence-electron chi connectivity index (χ2n) is 6.64. The molecule has 8 heteroatoms. The van der Waals surface area contributed by atoms with Gasteiger partial charge in [0.15, 0.2) is 0 Å². The summed E-state index contributed by atoms with van der Waals surface area (Å²) in [4.78, 5) is 25.8. The zero-order valence-electron chi connectivity index (χ0n) is 16.4. The quantitative estimate of drug-likeness (QED) is 0.733. The van der Waals surface area contributed by atoms with Crippen LogP contribution in [0.1, 0.15) is 31.9 Å². The van der Waals surface area contributed by atoms with Crippen LogP contribution in [0.4, 0.5) is 0 Å². The second-order valence-corrected chi connectivity index (χ2v) is 8.68. The fourth-order valence-corrected chi connectivity index (χ4v) is 3.55. The van der Waals surface area contributed by atoms with Crippen molar-refractivity contribution in [1.29, 1.82) is 0 Å². The van der Waals surface area contributed by atoms with Gasteiger partial charge in [-0.25, -0.2) is 8.42 Å². The number of likely N-dealkylation sites (N-methyl/N-ethyl adjacent to an activating group) is 2. The predicted molar refractivity (Wildman–Crippen MR) is 101 cm³/mol. The predicted octanol–water partition coefficient (Wildman–Crippen LogP) is 1.30. The van der Waals surface area contributed by atoms with Crippen LogP contribution in [-0.2, 0) is 19.6 Å². The molecule has 2 amide bonds. The number of amides is 2. The van der Waals surface area contributed by atoms with Crippen LogP contribution in [0.5, 0.6) is 0 Å². The number of sulfonamides is 1. The lowest BCUT2D eigenvalue weighted by molar-refractivity contribution is -0.136. The van der Waals surface area contributed by atoms with Gasteiger partial charge >= 0.3 is 0 Å². The average Bonchev–Trinajstić information content (AvgIpc) is 2.54. The summed E-state index contributed by atoms with van der Waals surface area (Å²) < 4.78 is 26.4. The fourth-order valence-electron chi connectivity index (χ4n) is 2.35. The lowest BCUT2D eigenvalue weighted by atomic mass is 10.1. The molecular weight excluding hydrogens is 354 g/mol. The van der Waals surface area contributed by atoms with Crippen molar-refractivity contribution in [1.82, 2.24) is 14.5 Å². The van der Waals surface area contributed by atoms with E-state index in [-0.39, 0.29) is 29.9 Å². The van der Waals surface area contributed by atoms with Gasteiger partial charge in [-0.3, -0.25) is 9.59 Å². The molecule has 0 radical (unpaired) electrons. The molecule has 0 spiro atoms. The van der Waals surface area contributed by atoms with E-state index in [0.29, 0.717) is 6.54 Å². The van der Waals surface area contributed by atoms with E-state index in [9.17, 15) is 18.0 Å². The Morgan fingerprint density at radius 1 is 1.12 bits per heavy atom. The lowest BCUT2D eigenvalue weighted by Gasteiger charge is -2.24. The number of carbonyl (C=O) groups excluding carboxylic acids is 2. The fraction of sp³-hybridized carbons (Fsp3) is 0.556. The van der Waals surface area contributed by atoms with Crippen molar-refractivity contribution in [2.45, 2.75) is 45.6 Å². The van der Waals surface area contributed by atoms with E-state index in [2.05, 4.69) is 5.32 Å². The van der Waals surface area contributed by atoms with Crippen LogP contribution in [0.2, 0.25) is 0 Å². The standard InChI is InChI=1S/C18H29N3O4S/c1-7-21(11-17(22)19-13(2)3)18(23)12-20(6)26(24,25)16-9-8-14(4)15(5)10-16/h8-10,13H,7,11-12H2,1-6H3,(H,19,22). The van der Waals surface area contributed by atoms with E-state index in [1.807, 2.05) is 27.7 Å². The van der Waals surface area contributed by atoms with E-state index >= 15 is 0 Å². The van der Waals surface area contributed by atoms with Crippen LogP contribution in [0.15, 0.2) is 23.1 Å². The number of nitrogens with zero attached hydrogens (tertiary/aromatic N) is 2. The van der Waals surface area contributed by atoms with Crippen LogP contribution in [0.3, 0.4) is 0 Å². The molecule has 0 bridgehead atoms. The van der Waals surface area contributed by atoms with Gasteiger partial charge in [-0.05, 0) is 57.9 Å². The minimum Gasteiger partial charge on any atom is -0.352 e. The van der Waals surface area contributed by atoms with Crippen LogP contribution in [0.25, 0.3) is 0 Å². The maximum atomic E-state index is 12.7. The smallest absolute Gasteiger partial charge is 0.243 e. The number of carbonyl (C=O) groups is 2. The summed E-state index contributed by atoms with van der Waals surface area (Å²) in [5.74, 6) is -0.684. The number of rotatable bonds is 8. The van der Waals surface area contributed by atoms with E-state index in [1.54, 1.807) is 19.1 Å². The summed E-state index contributed by atoms with van der Waals surface area (Å²) in [7, 11) is -2.41. The van der Waals surface area contributed by atoms with Crippen LogP contribution >= 0.6 is 0 Å².